The molecule has 6 nitrogen and oxygen atoms in total. The van der Waals surface area contributed by atoms with E-state index in [1.165, 1.54) is 14.1 Å². The zero-order chi connectivity index (χ0) is 19.9. The third kappa shape index (κ3) is 6.48. The third-order valence-corrected chi connectivity index (χ3v) is 5.64. The highest BCUT2D eigenvalue weighted by Gasteiger charge is 2.19. The third-order valence-electron chi connectivity index (χ3n) is 4.04. The second-order valence-corrected chi connectivity index (χ2v) is 8.28. The Morgan fingerprint density at radius 3 is 2.22 bits per heavy atom. The second-order valence-electron chi connectivity index (χ2n) is 6.37. The van der Waals surface area contributed by atoms with E-state index in [2.05, 4.69) is 11.3 Å². The molecule has 0 fully saturated rings. The van der Waals surface area contributed by atoms with E-state index >= 15 is 0 Å². The van der Waals surface area contributed by atoms with Gasteiger partial charge in [0.2, 0.25) is 0 Å². The summed E-state index contributed by atoms with van der Waals surface area (Å²) in [4.78, 5) is 0. The average molecular weight is 391 g/mol. The maximum atomic E-state index is 11.9. The van der Waals surface area contributed by atoms with Crippen LogP contribution in [-0.4, -0.2) is 44.6 Å². The van der Waals surface area contributed by atoms with Crippen molar-refractivity contribution < 1.29 is 18.3 Å². The molecule has 2 rings (SSSR count). The van der Waals surface area contributed by atoms with Crippen LogP contribution in [-0.2, 0) is 23.2 Å². The second kappa shape index (κ2) is 9.66. The zero-order valence-corrected chi connectivity index (χ0v) is 16.4. The normalized spacial score (nSPS) is 12.7. The fourth-order valence-corrected chi connectivity index (χ4v) is 3.17. The van der Waals surface area contributed by atoms with Crippen molar-refractivity contribution >= 4 is 16.3 Å². The van der Waals surface area contributed by atoms with Gasteiger partial charge in [-0.15, -0.1) is 0 Å². The average Bonchev–Trinajstić information content (AvgIpc) is 2.67. The summed E-state index contributed by atoms with van der Waals surface area (Å²) in [6, 6.07) is 14.8. The van der Waals surface area contributed by atoms with Crippen molar-refractivity contribution in [1.82, 2.24) is 9.03 Å². The number of aliphatic hydroxyl groups excluding tert-OH is 1. The minimum atomic E-state index is -3.59. The first-order valence-corrected chi connectivity index (χ1v) is 10.0. The summed E-state index contributed by atoms with van der Waals surface area (Å²) < 4.78 is 33.1. The van der Waals surface area contributed by atoms with E-state index in [1.807, 2.05) is 48.5 Å². The first-order valence-electron chi connectivity index (χ1n) is 8.58. The van der Waals surface area contributed by atoms with Crippen LogP contribution in [0.1, 0.15) is 16.7 Å². The van der Waals surface area contributed by atoms with Crippen LogP contribution >= 0.6 is 0 Å². The van der Waals surface area contributed by atoms with Gasteiger partial charge >= 0.3 is 0 Å². The molecule has 146 valence electrons. The maximum absolute atomic E-state index is 11.9. The number of benzene rings is 2. The van der Waals surface area contributed by atoms with E-state index < -0.39 is 16.3 Å². The molecule has 7 heteroatoms. The van der Waals surface area contributed by atoms with E-state index in [0.29, 0.717) is 13.0 Å². The van der Waals surface area contributed by atoms with Crippen LogP contribution < -0.4 is 9.46 Å². The maximum Gasteiger partial charge on any atom is 0.279 e. The van der Waals surface area contributed by atoms with E-state index in [1.54, 1.807) is 6.08 Å². The Morgan fingerprint density at radius 1 is 1.11 bits per heavy atom. The molecule has 0 aliphatic heterocycles. The highest BCUT2D eigenvalue weighted by atomic mass is 32.2. The Bertz CT molecular complexity index is 831. The largest absolute Gasteiger partial charge is 0.489 e. The number of aliphatic hydroxyl groups is 1. The molecule has 2 aromatic carbocycles. The Kier molecular flexibility index (Phi) is 7.55. The van der Waals surface area contributed by atoms with Crippen LogP contribution in [0.15, 0.2) is 55.1 Å². The number of nitrogens with zero attached hydrogens (tertiary/aromatic N) is 1. The molecule has 0 aliphatic rings. The van der Waals surface area contributed by atoms with Gasteiger partial charge < -0.3 is 9.84 Å². The van der Waals surface area contributed by atoms with Gasteiger partial charge in [0.05, 0.1) is 12.6 Å². The number of nitrogens with one attached hydrogen (secondary N) is 1. The summed E-state index contributed by atoms with van der Waals surface area (Å²) >= 11 is 0. The monoisotopic (exact) mass is 390 g/mol. The van der Waals surface area contributed by atoms with Gasteiger partial charge in [0.15, 0.2) is 0 Å². The number of hydrogen-bond acceptors (Lipinski definition) is 4. The van der Waals surface area contributed by atoms with E-state index in [0.717, 1.165) is 26.7 Å². The van der Waals surface area contributed by atoms with Gasteiger partial charge in [-0.2, -0.15) is 17.4 Å². The Labute approximate surface area is 161 Å². The highest BCUT2D eigenvalue weighted by molar-refractivity contribution is 7.87. The van der Waals surface area contributed by atoms with Crippen molar-refractivity contribution in [3.63, 3.8) is 0 Å². The highest BCUT2D eigenvalue weighted by Crippen LogP contribution is 2.16. The minimum absolute atomic E-state index is 0.286. The summed E-state index contributed by atoms with van der Waals surface area (Å²) in [5.41, 5.74) is 3.02. The van der Waals surface area contributed by atoms with Crippen LogP contribution in [0, 0.1) is 0 Å². The number of hydrogen-bond donors (Lipinski definition) is 2. The van der Waals surface area contributed by atoms with Crippen molar-refractivity contribution in [2.75, 3.05) is 20.7 Å². The lowest BCUT2D eigenvalue weighted by atomic mass is 10.1. The van der Waals surface area contributed by atoms with Crippen molar-refractivity contribution in [3.8, 4) is 5.75 Å². The van der Waals surface area contributed by atoms with Crippen LogP contribution in [0.2, 0.25) is 0 Å². The fraction of sp³-hybridized carbons (Fsp3) is 0.300. The molecule has 2 aromatic rings. The van der Waals surface area contributed by atoms with Gasteiger partial charge in [0.25, 0.3) is 10.2 Å². The van der Waals surface area contributed by atoms with Gasteiger partial charge in [0, 0.05) is 14.1 Å². The van der Waals surface area contributed by atoms with Gasteiger partial charge in [-0.05, 0) is 35.2 Å². The molecule has 27 heavy (non-hydrogen) atoms. The molecule has 0 saturated carbocycles. The minimum Gasteiger partial charge on any atom is -0.489 e. The molecule has 0 unspecified atom stereocenters. The summed E-state index contributed by atoms with van der Waals surface area (Å²) in [5.74, 6) is 0.723. The van der Waals surface area contributed by atoms with Crippen LogP contribution in [0.4, 0.5) is 0 Å². The molecule has 0 radical (unpaired) electrons. The van der Waals surface area contributed by atoms with Gasteiger partial charge in [-0.25, -0.2) is 0 Å². The van der Waals surface area contributed by atoms with Gasteiger partial charge in [-0.1, -0.05) is 49.1 Å². The lowest BCUT2D eigenvalue weighted by molar-refractivity contribution is 0.254. The predicted octanol–water partition coefficient (Wildman–Crippen LogP) is 2.21. The Balaban J connectivity index is 1.92. The van der Waals surface area contributed by atoms with E-state index in [-0.39, 0.29) is 6.61 Å². The van der Waals surface area contributed by atoms with E-state index in [9.17, 15) is 13.5 Å². The lowest BCUT2D eigenvalue weighted by Crippen LogP contribution is -2.44. The first-order chi connectivity index (χ1) is 12.8. The van der Waals surface area contributed by atoms with Crippen LogP contribution in [0.3, 0.4) is 0 Å². The quantitative estimate of drug-likeness (QED) is 0.652. The summed E-state index contributed by atoms with van der Waals surface area (Å²) in [6.07, 6.45) is 2.18. The molecule has 2 N–H and O–H groups in total. The summed E-state index contributed by atoms with van der Waals surface area (Å²) in [7, 11) is -0.713. The van der Waals surface area contributed by atoms with Crippen molar-refractivity contribution in [1.29, 1.82) is 0 Å². The molecular weight excluding hydrogens is 364 g/mol. The smallest absolute Gasteiger partial charge is 0.279 e. The molecule has 0 heterocycles. The molecule has 1 atom stereocenters. The molecule has 0 bridgehead atoms. The first kappa shape index (κ1) is 21.1. The summed E-state index contributed by atoms with van der Waals surface area (Å²) in [5, 5.41) is 9.46. The van der Waals surface area contributed by atoms with Crippen molar-refractivity contribution in [2.45, 2.75) is 19.1 Å². The standard InChI is InChI=1S/C20H26N2O4S/c1-4-16-5-7-18(8-6-16)15-26-20-11-9-17(10-12-20)13-19(14-23)21-27(24,25)22(2)3/h4-12,19,21,23H,1,13-15H2,2-3H3/t19-/m0/s1. The fourth-order valence-electron chi connectivity index (χ4n) is 2.38. The Morgan fingerprint density at radius 2 is 1.70 bits per heavy atom. The molecule has 0 amide bonds. The van der Waals surface area contributed by atoms with Crippen molar-refractivity contribution in [2.24, 2.45) is 0 Å². The number of ether oxygens (including phenoxy) is 1. The molecular formula is C20H26N2O4S. The SMILES string of the molecule is C=Cc1ccc(COc2ccc(C[C@@H](CO)NS(=O)(=O)N(C)C)cc2)cc1. The van der Waals surface area contributed by atoms with Gasteiger partial charge in [0.1, 0.15) is 12.4 Å². The summed E-state index contributed by atoms with van der Waals surface area (Å²) in [6.45, 7) is 3.90. The molecule has 0 aromatic heterocycles. The zero-order valence-electron chi connectivity index (χ0n) is 15.6. The molecule has 0 saturated heterocycles. The van der Waals surface area contributed by atoms with Crippen LogP contribution in [0.25, 0.3) is 6.08 Å². The molecule has 0 spiro atoms. The Hall–Kier alpha value is -2.19. The molecule has 0 aliphatic carbocycles. The van der Waals surface area contributed by atoms with E-state index in [4.69, 9.17) is 4.74 Å². The predicted molar refractivity (Wildman–Crippen MR) is 108 cm³/mol. The lowest BCUT2D eigenvalue weighted by Gasteiger charge is -2.19. The van der Waals surface area contributed by atoms with Gasteiger partial charge in [-0.3, -0.25) is 0 Å². The topological polar surface area (TPSA) is 78.9 Å². The van der Waals surface area contributed by atoms with Crippen molar-refractivity contribution in [3.05, 3.63) is 71.8 Å². The number of rotatable bonds is 10. The van der Waals surface area contributed by atoms with Crippen LogP contribution in [0.5, 0.6) is 5.75 Å².